The lowest BCUT2D eigenvalue weighted by Gasteiger charge is -2.28. The summed E-state index contributed by atoms with van der Waals surface area (Å²) in [5.41, 5.74) is 0. The van der Waals surface area contributed by atoms with E-state index in [1.54, 1.807) is 7.05 Å². The van der Waals surface area contributed by atoms with Crippen LogP contribution in [0.2, 0.25) is 0 Å². The van der Waals surface area contributed by atoms with Crippen LogP contribution in [-0.2, 0) is 4.79 Å². The van der Waals surface area contributed by atoms with Crippen LogP contribution in [-0.4, -0.2) is 88.7 Å². The van der Waals surface area contributed by atoms with E-state index in [1.807, 2.05) is 0 Å². The molecule has 0 aliphatic carbocycles. The SMILES string of the molecule is CN1CCN(N2CC(=O)N(N3CCNC3=O)C2=O)C1=O. The third-order valence-corrected chi connectivity index (χ3v) is 3.48. The van der Waals surface area contributed by atoms with Crippen molar-refractivity contribution in [2.24, 2.45) is 0 Å². The number of rotatable bonds is 2. The first-order valence-electron chi connectivity index (χ1n) is 6.23. The molecular weight excluding hydrogens is 268 g/mol. The van der Waals surface area contributed by atoms with Gasteiger partial charge in [0.05, 0.1) is 13.1 Å². The highest BCUT2D eigenvalue weighted by Gasteiger charge is 2.48. The maximum absolute atomic E-state index is 12.3. The molecule has 3 aliphatic rings. The lowest BCUT2D eigenvalue weighted by atomic mass is 10.6. The zero-order chi connectivity index (χ0) is 14.4. The molecule has 0 aromatic carbocycles. The lowest BCUT2D eigenvalue weighted by molar-refractivity contribution is -0.133. The number of carbonyl (C=O) groups excluding carboxylic acids is 4. The molecule has 3 saturated heterocycles. The second-order valence-electron chi connectivity index (χ2n) is 4.73. The van der Waals surface area contributed by atoms with Gasteiger partial charge in [0.2, 0.25) is 0 Å². The van der Waals surface area contributed by atoms with Crippen molar-refractivity contribution in [1.29, 1.82) is 0 Å². The minimum atomic E-state index is -0.671. The van der Waals surface area contributed by atoms with E-state index in [0.717, 1.165) is 15.0 Å². The van der Waals surface area contributed by atoms with Gasteiger partial charge in [0.15, 0.2) is 0 Å². The molecule has 3 aliphatic heterocycles. The van der Waals surface area contributed by atoms with E-state index in [4.69, 9.17) is 0 Å². The first kappa shape index (κ1) is 12.5. The Hall–Kier alpha value is -2.52. The van der Waals surface area contributed by atoms with Gasteiger partial charge in [-0.3, -0.25) is 4.79 Å². The molecule has 3 fully saturated rings. The molecule has 3 rings (SSSR count). The third kappa shape index (κ3) is 1.64. The molecular formula is C10H14N6O4. The van der Waals surface area contributed by atoms with E-state index in [0.29, 0.717) is 19.6 Å². The van der Waals surface area contributed by atoms with Crippen LogP contribution in [0.15, 0.2) is 0 Å². The summed E-state index contributed by atoms with van der Waals surface area (Å²) in [5, 5.41) is 6.70. The topological polar surface area (TPSA) is 96.5 Å². The number of nitrogens with one attached hydrogen (secondary N) is 1. The number of imide groups is 1. The summed E-state index contributed by atoms with van der Waals surface area (Å²) in [7, 11) is 1.62. The summed E-state index contributed by atoms with van der Waals surface area (Å²) in [6.45, 7) is 1.22. The van der Waals surface area contributed by atoms with Crippen LogP contribution >= 0.6 is 0 Å². The van der Waals surface area contributed by atoms with Crippen LogP contribution < -0.4 is 5.32 Å². The van der Waals surface area contributed by atoms with Crippen molar-refractivity contribution in [3.05, 3.63) is 0 Å². The Labute approximate surface area is 114 Å². The first-order valence-corrected chi connectivity index (χ1v) is 6.23. The molecule has 0 bridgehead atoms. The van der Waals surface area contributed by atoms with E-state index in [2.05, 4.69) is 5.32 Å². The van der Waals surface area contributed by atoms with Crippen molar-refractivity contribution >= 4 is 24.0 Å². The number of hydrazine groups is 2. The quantitative estimate of drug-likeness (QED) is 0.622. The Morgan fingerprint density at radius 3 is 2.20 bits per heavy atom. The molecule has 0 radical (unpaired) electrons. The number of nitrogens with zero attached hydrogens (tertiary/aromatic N) is 5. The van der Waals surface area contributed by atoms with E-state index < -0.39 is 18.0 Å². The van der Waals surface area contributed by atoms with Crippen LogP contribution in [0.1, 0.15) is 0 Å². The molecule has 0 aromatic rings. The standard InChI is InChI=1S/C10H14N6O4/c1-12-4-5-14(9(12)19)15-6-7(17)16(10(15)20)13-3-2-11-8(13)18/h2-6H2,1H3,(H,11,18). The fourth-order valence-electron chi connectivity index (χ4n) is 2.41. The van der Waals surface area contributed by atoms with Crippen molar-refractivity contribution in [3.63, 3.8) is 0 Å². The average molecular weight is 282 g/mol. The first-order chi connectivity index (χ1) is 9.50. The van der Waals surface area contributed by atoms with Crippen molar-refractivity contribution in [2.45, 2.75) is 0 Å². The Bertz CT molecular complexity index is 508. The van der Waals surface area contributed by atoms with E-state index >= 15 is 0 Å². The van der Waals surface area contributed by atoms with E-state index in [1.165, 1.54) is 9.91 Å². The summed E-state index contributed by atoms with van der Waals surface area (Å²) in [5.74, 6) is -0.519. The molecule has 108 valence electrons. The molecule has 7 amide bonds. The molecule has 0 atom stereocenters. The third-order valence-electron chi connectivity index (χ3n) is 3.48. The fraction of sp³-hybridized carbons (Fsp3) is 0.600. The predicted octanol–water partition coefficient (Wildman–Crippen LogP) is -1.53. The number of urea groups is 3. The molecule has 0 spiro atoms. The summed E-state index contributed by atoms with van der Waals surface area (Å²) in [6, 6.07) is -1.49. The number of hydrogen-bond donors (Lipinski definition) is 1. The van der Waals surface area contributed by atoms with Gasteiger partial charge in [-0.25, -0.2) is 29.4 Å². The van der Waals surface area contributed by atoms with Gasteiger partial charge in [0, 0.05) is 20.1 Å². The summed E-state index contributed by atoms with van der Waals surface area (Å²) in [6.07, 6.45) is 0. The molecule has 0 aromatic heterocycles. The van der Waals surface area contributed by atoms with Gasteiger partial charge in [-0.2, -0.15) is 5.01 Å². The second kappa shape index (κ2) is 4.25. The van der Waals surface area contributed by atoms with Gasteiger partial charge < -0.3 is 10.2 Å². The van der Waals surface area contributed by atoms with Gasteiger partial charge in [-0.1, -0.05) is 0 Å². The van der Waals surface area contributed by atoms with Crippen LogP contribution in [0.3, 0.4) is 0 Å². The van der Waals surface area contributed by atoms with Gasteiger partial charge >= 0.3 is 18.1 Å². The number of hydrogen-bond acceptors (Lipinski definition) is 4. The summed E-state index contributed by atoms with van der Waals surface area (Å²) < 4.78 is 0. The highest BCUT2D eigenvalue weighted by atomic mass is 16.2. The van der Waals surface area contributed by atoms with Crippen LogP contribution in [0.4, 0.5) is 14.4 Å². The largest absolute Gasteiger partial charge is 0.365 e. The van der Waals surface area contributed by atoms with Gasteiger partial charge in [0.1, 0.15) is 6.54 Å². The number of amides is 7. The van der Waals surface area contributed by atoms with Crippen LogP contribution in [0.5, 0.6) is 0 Å². The Kier molecular flexibility index (Phi) is 2.66. The Morgan fingerprint density at radius 2 is 1.65 bits per heavy atom. The fourth-order valence-corrected chi connectivity index (χ4v) is 2.41. The predicted molar refractivity (Wildman–Crippen MR) is 63.8 cm³/mol. The van der Waals surface area contributed by atoms with E-state index in [-0.39, 0.29) is 19.1 Å². The van der Waals surface area contributed by atoms with E-state index in [9.17, 15) is 19.2 Å². The average Bonchev–Trinajstić information content (AvgIpc) is 3.03. The normalized spacial score (nSPS) is 23.6. The molecule has 20 heavy (non-hydrogen) atoms. The smallest absolute Gasteiger partial charge is 0.335 e. The monoisotopic (exact) mass is 282 g/mol. The molecule has 10 heteroatoms. The van der Waals surface area contributed by atoms with Gasteiger partial charge in [-0.15, -0.1) is 0 Å². The Morgan fingerprint density at radius 1 is 0.900 bits per heavy atom. The minimum absolute atomic E-state index is 0.234. The maximum atomic E-state index is 12.3. The maximum Gasteiger partial charge on any atom is 0.365 e. The van der Waals surface area contributed by atoms with Crippen molar-refractivity contribution in [1.82, 2.24) is 30.3 Å². The molecule has 1 N–H and O–H groups in total. The summed E-state index contributed by atoms with van der Waals surface area (Å²) >= 11 is 0. The number of carbonyl (C=O) groups is 4. The highest BCUT2D eigenvalue weighted by Crippen LogP contribution is 2.20. The zero-order valence-electron chi connectivity index (χ0n) is 10.9. The van der Waals surface area contributed by atoms with Crippen LogP contribution in [0.25, 0.3) is 0 Å². The molecule has 0 saturated carbocycles. The second-order valence-corrected chi connectivity index (χ2v) is 4.73. The van der Waals surface area contributed by atoms with Crippen LogP contribution in [0, 0.1) is 0 Å². The van der Waals surface area contributed by atoms with Crippen molar-refractivity contribution in [3.8, 4) is 0 Å². The van der Waals surface area contributed by atoms with Gasteiger partial charge in [-0.05, 0) is 0 Å². The Balaban J connectivity index is 1.80. The minimum Gasteiger partial charge on any atom is -0.335 e. The highest BCUT2D eigenvalue weighted by molar-refractivity contribution is 6.04. The zero-order valence-corrected chi connectivity index (χ0v) is 10.9. The molecule has 10 nitrogen and oxygen atoms in total. The number of likely N-dealkylation sites (N-methyl/N-ethyl adjacent to an activating group) is 1. The van der Waals surface area contributed by atoms with Crippen molar-refractivity contribution in [2.75, 3.05) is 39.8 Å². The lowest BCUT2D eigenvalue weighted by Crippen LogP contribution is -2.51. The van der Waals surface area contributed by atoms with Gasteiger partial charge in [0.25, 0.3) is 5.91 Å². The van der Waals surface area contributed by atoms with Crippen molar-refractivity contribution < 1.29 is 19.2 Å². The molecule has 0 unspecified atom stereocenters. The molecule has 3 heterocycles. The summed E-state index contributed by atoms with van der Waals surface area (Å²) in [4.78, 5) is 49.1.